The van der Waals surface area contributed by atoms with E-state index >= 15 is 0 Å². The van der Waals surface area contributed by atoms with E-state index in [0.717, 1.165) is 37.7 Å². The summed E-state index contributed by atoms with van der Waals surface area (Å²) >= 11 is 0. The molecule has 8 heteroatoms. The first-order chi connectivity index (χ1) is 13.4. The van der Waals surface area contributed by atoms with Gasteiger partial charge in [0.05, 0.1) is 12.5 Å². The maximum Gasteiger partial charge on any atom is 0.321 e. The van der Waals surface area contributed by atoms with Crippen LogP contribution in [0.15, 0.2) is 30.3 Å². The number of amides is 4. The molecule has 3 N–H and O–H groups in total. The molecule has 0 radical (unpaired) electrons. The van der Waals surface area contributed by atoms with Crippen LogP contribution in [-0.4, -0.2) is 36.5 Å². The molecule has 1 fully saturated rings. The Morgan fingerprint density at radius 1 is 1.07 bits per heavy atom. The van der Waals surface area contributed by atoms with Gasteiger partial charge in [-0.05, 0) is 18.4 Å². The van der Waals surface area contributed by atoms with Gasteiger partial charge in [-0.25, -0.2) is 4.79 Å². The third-order valence-corrected chi connectivity index (χ3v) is 4.51. The molecule has 1 aromatic carbocycles. The average Bonchev–Trinajstić information content (AvgIpc) is 2.67. The number of esters is 1. The molecule has 0 aliphatic heterocycles. The van der Waals surface area contributed by atoms with E-state index in [1.54, 1.807) is 24.3 Å². The molecule has 0 spiro atoms. The standard InChI is InChI=1S/C20H27N3O5/c1-14(24)21-17(15-8-4-2-5-9-15)12-19(26)28-13-18(25)23-20(27)22-16-10-6-3-7-11-16/h2,4-5,8-9,16-17H,3,6-7,10-13H2,1H3,(H,21,24)(H2,22,23,25,27)/t17-/m1/s1. The Morgan fingerprint density at radius 2 is 1.75 bits per heavy atom. The van der Waals surface area contributed by atoms with Crippen molar-refractivity contribution >= 4 is 23.8 Å². The van der Waals surface area contributed by atoms with Crippen LogP contribution in [-0.2, 0) is 19.1 Å². The minimum Gasteiger partial charge on any atom is -0.455 e. The van der Waals surface area contributed by atoms with Gasteiger partial charge in [-0.2, -0.15) is 0 Å². The molecule has 0 unspecified atom stereocenters. The van der Waals surface area contributed by atoms with Gasteiger partial charge in [0.15, 0.2) is 6.61 Å². The normalized spacial score (nSPS) is 15.2. The number of hydrogen-bond acceptors (Lipinski definition) is 5. The van der Waals surface area contributed by atoms with Crippen molar-refractivity contribution in [1.29, 1.82) is 0 Å². The van der Waals surface area contributed by atoms with E-state index in [1.807, 2.05) is 6.07 Å². The Balaban J connectivity index is 1.75. The third kappa shape index (κ3) is 7.77. The summed E-state index contributed by atoms with van der Waals surface area (Å²) in [4.78, 5) is 47.1. The number of imide groups is 1. The van der Waals surface area contributed by atoms with Gasteiger partial charge in [0.25, 0.3) is 5.91 Å². The topological polar surface area (TPSA) is 114 Å². The number of nitrogens with one attached hydrogen (secondary N) is 3. The lowest BCUT2D eigenvalue weighted by Gasteiger charge is -2.22. The lowest BCUT2D eigenvalue weighted by molar-refractivity contribution is -0.148. The second kappa shape index (κ2) is 11.1. The van der Waals surface area contributed by atoms with Crippen LogP contribution in [0.1, 0.15) is 57.1 Å². The first kappa shape index (κ1) is 21.4. The molecule has 0 aromatic heterocycles. The monoisotopic (exact) mass is 389 g/mol. The first-order valence-electron chi connectivity index (χ1n) is 9.52. The van der Waals surface area contributed by atoms with Crippen LogP contribution in [0.5, 0.6) is 0 Å². The number of benzene rings is 1. The molecule has 0 saturated heterocycles. The fourth-order valence-electron chi connectivity index (χ4n) is 3.19. The van der Waals surface area contributed by atoms with Crippen molar-refractivity contribution in [2.45, 2.75) is 57.5 Å². The SMILES string of the molecule is CC(=O)N[C@H](CC(=O)OCC(=O)NC(=O)NC1CCCCC1)c1ccccc1. The lowest BCUT2D eigenvalue weighted by Crippen LogP contribution is -2.46. The fourth-order valence-corrected chi connectivity index (χ4v) is 3.19. The number of ether oxygens (including phenoxy) is 1. The molecule has 1 atom stereocenters. The van der Waals surface area contributed by atoms with Crippen LogP contribution in [0.3, 0.4) is 0 Å². The van der Waals surface area contributed by atoms with Crippen LogP contribution in [0.25, 0.3) is 0 Å². The van der Waals surface area contributed by atoms with Gasteiger partial charge in [-0.15, -0.1) is 0 Å². The average molecular weight is 389 g/mol. The Bertz CT molecular complexity index is 686. The lowest BCUT2D eigenvalue weighted by atomic mass is 9.96. The van der Waals surface area contributed by atoms with Gasteiger partial charge in [0.2, 0.25) is 5.91 Å². The van der Waals surface area contributed by atoms with E-state index in [1.165, 1.54) is 6.92 Å². The Hall–Kier alpha value is -2.90. The second-order valence-corrected chi connectivity index (χ2v) is 6.89. The highest BCUT2D eigenvalue weighted by Gasteiger charge is 2.20. The predicted octanol–water partition coefficient (Wildman–Crippen LogP) is 1.96. The van der Waals surface area contributed by atoms with Gasteiger partial charge in [-0.1, -0.05) is 49.6 Å². The van der Waals surface area contributed by atoms with Crippen molar-refractivity contribution in [3.63, 3.8) is 0 Å². The quantitative estimate of drug-likeness (QED) is 0.617. The van der Waals surface area contributed by atoms with E-state index in [9.17, 15) is 19.2 Å². The minimum atomic E-state index is -0.697. The minimum absolute atomic E-state index is 0.0772. The molecule has 28 heavy (non-hydrogen) atoms. The molecule has 0 bridgehead atoms. The zero-order chi connectivity index (χ0) is 20.4. The van der Waals surface area contributed by atoms with Gasteiger partial charge < -0.3 is 15.4 Å². The van der Waals surface area contributed by atoms with Crippen LogP contribution in [0.2, 0.25) is 0 Å². The van der Waals surface area contributed by atoms with E-state index in [4.69, 9.17) is 4.74 Å². The van der Waals surface area contributed by atoms with Gasteiger partial charge in [-0.3, -0.25) is 19.7 Å². The summed E-state index contributed by atoms with van der Waals surface area (Å²) in [6.45, 7) is 0.804. The molecule has 1 saturated carbocycles. The highest BCUT2D eigenvalue weighted by Crippen LogP contribution is 2.18. The number of rotatable bonds is 7. The van der Waals surface area contributed by atoms with Crippen LogP contribution in [0.4, 0.5) is 4.79 Å². The van der Waals surface area contributed by atoms with Crippen molar-refractivity contribution in [2.24, 2.45) is 0 Å². The molecule has 152 valence electrons. The zero-order valence-electron chi connectivity index (χ0n) is 16.0. The highest BCUT2D eigenvalue weighted by atomic mass is 16.5. The molecule has 1 aliphatic rings. The zero-order valence-corrected chi connectivity index (χ0v) is 16.0. The molecular formula is C20H27N3O5. The molecule has 4 amide bonds. The van der Waals surface area contributed by atoms with E-state index in [2.05, 4.69) is 16.0 Å². The number of carbonyl (C=O) groups excluding carboxylic acids is 4. The van der Waals surface area contributed by atoms with Crippen LogP contribution in [0, 0.1) is 0 Å². The second-order valence-electron chi connectivity index (χ2n) is 6.89. The number of urea groups is 1. The van der Waals surface area contributed by atoms with Crippen molar-refractivity contribution in [1.82, 2.24) is 16.0 Å². The number of carbonyl (C=O) groups is 4. The molecule has 1 aromatic rings. The van der Waals surface area contributed by atoms with E-state index in [0.29, 0.717) is 0 Å². The predicted molar refractivity (Wildman–Crippen MR) is 102 cm³/mol. The maximum atomic E-state index is 12.1. The largest absolute Gasteiger partial charge is 0.455 e. The van der Waals surface area contributed by atoms with E-state index < -0.39 is 30.6 Å². The summed E-state index contributed by atoms with van der Waals surface area (Å²) in [7, 11) is 0. The molecule has 2 rings (SSSR count). The van der Waals surface area contributed by atoms with Crippen molar-refractivity contribution in [3.05, 3.63) is 35.9 Å². The molecule has 0 heterocycles. The Kier molecular flexibility index (Phi) is 8.45. The fraction of sp³-hybridized carbons (Fsp3) is 0.500. The number of hydrogen-bond donors (Lipinski definition) is 3. The van der Waals surface area contributed by atoms with Gasteiger partial charge in [0.1, 0.15) is 0 Å². The molecule has 8 nitrogen and oxygen atoms in total. The summed E-state index contributed by atoms with van der Waals surface area (Å²) in [6, 6.07) is 7.95. The summed E-state index contributed by atoms with van der Waals surface area (Å²) in [5.41, 5.74) is 0.756. The smallest absolute Gasteiger partial charge is 0.321 e. The van der Waals surface area contributed by atoms with Gasteiger partial charge >= 0.3 is 12.0 Å². The van der Waals surface area contributed by atoms with Crippen molar-refractivity contribution in [3.8, 4) is 0 Å². The summed E-state index contributed by atoms with van der Waals surface area (Å²) < 4.78 is 4.95. The molecule has 1 aliphatic carbocycles. The Morgan fingerprint density at radius 3 is 2.39 bits per heavy atom. The third-order valence-electron chi connectivity index (χ3n) is 4.51. The summed E-state index contributed by atoms with van der Waals surface area (Å²) in [5, 5.41) is 7.61. The van der Waals surface area contributed by atoms with E-state index in [-0.39, 0.29) is 18.4 Å². The van der Waals surface area contributed by atoms with Crippen molar-refractivity contribution in [2.75, 3.05) is 6.61 Å². The first-order valence-corrected chi connectivity index (χ1v) is 9.52. The maximum absolute atomic E-state index is 12.1. The van der Waals surface area contributed by atoms with Crippen LogP contribution < -0.4 is 16.0 Å². The Labute approximate surface area is 164 Å². The van der Waals surface area contributed by atoms with Gasteiger partial charge in [0, 0.05) is 13.0 Å². The summed E-state index contributed by atoms with van der Waals surface area (Å²) in [6.07, 6.45) is 4.98. The summed E-state index contributed by atoms with van der Waals surface area (Å²) in [5.74, 6) is -1.62. The molecular weight excluding hydrogens is 362 g/mol. The van der Waals surface area contributed by atoms with Crippen LogP contribution >= 0.6 is 0 Å². The van der Waals surface area contributed by atoms with Crippen molar-refractivity contribution < 1.29 is 23.9 Å². The highest BCUT2D eigenvalue weighted by molar-refractivity contribution is 5.95.